The van der Waals surface area contributed by atoms with Crippen molar-refractivity contribution in [1.29, 1.82) is 0 Å². The van der Waals surface area contributed by atoms with Crippen molar-refractivity contribution < 1.29 is 46.4 Å². The Hall–Kier alpha value is -0.0457. The van der Waals surface area contributed by atoms with Gasteiger partial charge in [-0.1, -0.05) is 0 Å². The minimum Gasteiger partial charge on any atom is -1.00 e. The quantitative estimate of drug-likeness (QED) is 0.608. The molecule has 0 spiro atoms. The topological polar surface area (TPSA) is 9.23 Å². The summed E-state index contributed by atoms with van der Waals surface area (Å²) in [7, 11) is 1.89. The summed E-state index contributed by atoms with van der Waals surface area (Å²) in [6.07, 6.45) is 2.38. The van der Waals surface area contributed by atoms with E-state index in [-0.39, 0.29) is 28.5 Å². The third-order valence-electron chi connectivity index (χ3n) is 4.30. The molecular formula is C19H27Cl2OTi. The fourth-order valence-corrected chi connectivity index (χ4v) is 6.99. The van der Waals surface area contributed by atoms with Crippen LogP contribution >= 0.6 is 0 Å². The summed E-state index contributed by atoms with van der Waals surface area (Å²) >= 11 is -1.80. The minimum atomic E-state index is -1.80. The number of hydrogen-bond acceptors (Lipinski definition) is 1. The second-order valence-electron chi connectivity index (χ2n) is 7.01. The van der Waals surface area contributed by atoms with Crippen LogP contribution < -0.4 is 28.7 Å². The van der Waals surface area contributed by atoms with Crippen LogP contribution in [0.1, 0.15) is 47.1 Å². The SMILES string of the molecule is C[O][Ti+2]([c]1ccccc1C1=C(C)C(C)=CC1C)[C](C)(C)C.[Cl-].[Cl-]. The molecule has 0 saturated carbocycles. The van der Waals surface area contributed by atoms with E-state index in [9.17, 15) is 0 Å². The van der Waals surface area contributed by atoms with Crippen LogP contribution in [0.4, 0.5) is 0 Å². The second kappa shape index (κ2) is 8.88. The first-order valence-corrected chi connectivity index (χ1v) is 9.88. The van der Waals surface area contributed by atoms with E-state index < -0.39 is 18.3 Å². The van der Waals surface area contributed by atoms with E-state index in [2.05, 4.69) is 71.9 Å². The fraction of sp³-hybridized carbons (Fsp3) is 0.474. The zero-order chi connectivity index (χ0) is 15.8. The molecule has 0 fully saturated rings. The van der Waals surface area contributed by atoms with Crippen molar-refractivity contribution in [3.63, 3.8) is 0 Å². The van der Waals surface area contributed by atoms with Crippen molar-refractivity contribution in [3.05, 3.63) is 47.1 Å². The Labute approximate surface area is 160 Å². The predicted molar refractivity (Wildman–Crippen MR) is 88.3 cm³/mol. The van der Waals surface area contributed by atoms with E-state index in [0.717, 1.165) is 0 Å². The van der Waals surface area contributed by atoms with E-state index >= 15 is 0 Å². The Bertz CT molecular complexity index is 600. The Balaban J connectivity index is 0.00000242. The molecule has 1 aliphatic carbocycles. The summed E-state index contributed by atoms with van der Waals surface area (Å²) in [5.41, 5.74) is 5.77. The Kier molecular flexibility index (Phi) is 8.86. The molecule has 1 aromatic rings. The van der Waals surface area contributed by atoms with E-state index in [1.165, 1.54) is 26.2 Å². The molecule has 0 amide bonds. The van der Waals surface area contributed by atoms with Crippen molar-refractivity contribution in [2.45, 2.75) is 45.3 Å². The first kappa shape index (κ1) is 23.0. The summed E-state index contributed by atoms with van der Waals surface area (Å²) in [5.74, 6) is 0.502. The van der Waals surface area contributed by atoms with Crippen LogP contribution in [0.15, 0.2) is 41.5 Å². The van der Waals surface area contributed by atoms with Gasteiger partial charge in [-0.15, -0.1) is 0 Å². The number of rotatable bonds is 3. The van der Waals surface area contributed by atoms with Gasteiger partial charge in [0.1, 0.15) is 0 Å². The summed E-state index contributed by atoms with van der Waals surface area (Å²) in [5, 5.41) is 0. The van der Waals surface area contributed by atoms with Gasteiger partial charge in [0, 0.05) is 0 Å². The molecule has 1 unspecified atom stereocenters. The van der Waals surface area contributed by atoms with E-state index in [1.807, 2.05) is 7.11 Å². The maximum atomic E-state index is 6.03. The fourth-order valence-electron chi connectivity index (χ4n) is 3.32. The molecule has 0 N–H and O–H groups in total. The Morgan fingerprint density at radius 1 is 1.04 bits per heavy atom. The molecule has 23 heavy (non-hydrogen) atoms. The number of allylic oxidation sites excluding steroid dienone is 4. The molecular weight excluding hydrogens is 363 g/mol. The largest absolute Gasteiger partial charge is 1.00 e. The zero-order valence-corrected chi connectivity index (χ0v) is 18.2. The third kappa shape index (κ3) is 4.74. The maximum Gasteiger partial charge on any atom is -1.00 e. The number of benzene rings is 1. The van der Waals surface area contributed by atoms with Crippen LogP contribution in [0.5, 0.6) is 0 Å². The molecule has 2 rings (SSSR count). The van der Waals surface area contributed by atoms with Crippen molar-refractivity contribution in [1.82, 2.24) is 0 Å². The summed E-state index contributed by atoms with van der Waals surface area (Å²) < 4.78 is 7.73. The van der Waals surface area contributed by atoms with Crippen LogP contribution in [-0.2, 0) is 21.6 Å². The van der Waals surface area contributed by atoms with Crippen LogP contribution in [0.3, 0.4) is 0 Å². The van der Waals surface area contributed by atoms with Gasteiger partial charge in [0.05, 0.1) is 0 Å². The molecule has 1 aromatic carbocycles. The van der Waals surface area contributed by atoms with Crippen molar-refractivity contribution in [2.24, 2.45) is 5.92 Å². The summed E-state index contributed by atoms with van der Waals surface area (Å²) in [6.45, 7) is 13.7. The van der Waals surface area contributed by atoms with Crippen molar-refractivity contribution in [3.8, 4) is 0 Å². The smallest absolute Gasteiger partial charge is 1.00 e. The van der Waals surface area contributed by atoms with Gasteiger partial charge in [-0.3, -0.25) is 0 Å². The molecule has 0 radical (unpaired) electrons. The normalized spacial score (nSPS) is 17.3. The zero-order valence-electron chi connectivity index (χ0n) is 15.1. The van der Waals surface area contributed by atoms with Crippen LogP contribution in [0.25, 0.3) is 5.57 Å². The summed E-state index contributed by atoms with van der Waals surface area (Å²) in [6, 6.07) is 8.90. The monoisotopic (exact) mass is 389 g/mol. The molecule has 0 saturated heterocycles. The van der Waals surface area contributed by atoms with E-state index in [4.69, 9.17) is 3.32 Å². The Morgan fingerprint density at radius 3 is 2.04 bits per heavy atom. The van der Waals surface area contributed by atoms with Gasteiger partial charge in [0.2, 0.25) is 0 Å². The molecule has 0 heterocycles. The van der Waals surface area contributed by atoms with Crippen LogP contribution in [0.2, 0.25) is 3.72 Å². The molecule has 0 aromatic heterocycles. The third-order valence-corrected chi connectivity index (χ3v) is 8.51. The van der Waals surface area contributed by atoms with Crippen molar-refractivity contribution >= 4 is 9.44 Å². The molecule has 127 valence electrons. The first-order chi connectivity index (χ1) is 9.77. The van der Waals surface area contributed by atoms with Crippen molar-refractivity contribution in [2.75, 3.05) is 7.11 Å². The van der Waals surface area contributed by atoms with Gasteiger partial charge in [-0.2, -0.15) is 0 Å². The predicted octanol–water partition coefficient (Wildman–Crippen LogP) is -0.913. The van der Waals surface area contributed by atoms with Gasteiger partial charge in [0.25, 0.3) is 0 Å². The molecule has 0 bridgehead atoms. The van der Waals surface area contributed by atoms with Gasteiger partial charge >= 0.3 is 136 Å². The second-order valence-corrected chi connectivity index (χ2v) is 11.9. The van der Waals surface area contributed by atoms with Crippen LogP contribution in [0, 0.1) is 5.92 Å². The molecule has 1 aliphatic rings. The molecule has 4 heteroatoms. The van der Waals surface area contributed by atoms with Gasteiger partial charge < -0.3 is 24.8 Å². The van der Waals surface area contributed by atoms with Crippen LogP contribution in [-0.4, -0.2) is 7.11 Å². The average Bonchev–Trinajstić information content (AvgIpc) is 2.63. The molecule has 1 atom stereocenters. The summed E-state index contributed by atoms with van der Waals surface area (Å²) in [4.78, 5) is 0. The molecule has 0 aliphatic heterocycles. The number of hydrogen-bond donors (Lipinski definition) is 0. The maximum absolute atomic E-state index is 6.03. The van der Waals surface area contributed by atoms with Gasteiger partial charge in [-0.05, 0) is 0 Å². The average molecular weight is 390 g/mol. The van der Waals surface area contributed by atoms with Gasteiger partial charge in [0.15, 0.2) is 0 Å². The Morgan fingerprint density at radius 2 is 1.61 bits per heavy atom. The minimum absolute atomic E-state index is 0. The standard InChI is InChI=1S/C14H15.C4H9.CH3O.2ClH.Ti/c1-10-9-11(2)14(12(10)3)13-7-5-4-6-8-13;1-4(2)3;1-2;;;/h4-7,9,11H,1-3H3;1-3H3;1H3;2*1H;/q;;-1;;;+3/p-2. The van der Waals surface area contributed by atoms with E-state index in [1.54, 1.807) is 0 Å². The van der Waals surface area contributed by atoms with E-state index in [0.29, 0.717) is 5.92 Å². The molecule has 1 nitrogen and oxygen atoms in total. The van der Waals surface area contributed by atoms with Gasteiger partial charge in [-0.25, -0.2) is 0 Å². The number of halogens is 2. The first-order valence-electron chi connectivity index (χ1n) is 7.68.